The monoisotopic (exact) mass is 508 g/mol. The molecule has 1 fully saturated rings. The molecule has 1 saturated heterocycles. The van der Waals surface area contributed by atoms with Gasteiger partial charge in [0.05, 0.1) is 19.0 Å². The molecule has 184 valence electrons. The average Bonchev–Trinajstić information content (AvgIpc) is 3.16. The summed E-state index contributed by atoms with van der Waals surface area (Å²) in [4.78, 5) is 27.1. The zero-order chi connectivity index (χ0) is 25.7. The number of halogens is 1. The van der Waals surface area contributed by atoms with E-state index in [0.717, 1.165) is 11.8 Å². The summed E-state index contributed by atoms with van der Waals surface area (Å²) in [7, 11) is 1.43. The van der Waals surface area contributed by atoms with E-state index in [0.29, 0.717) is 16.9 Å². The van der Waals surface area contributed by atoms with Gasteiger partial charge in [-0.05, 0) is 60.2 Å². The summed E-state index contributed by atoms with van der Waals surface area (Å²) in [5, 5.41) is 29.9. The van der Waals surface area contributed by atoms with Crippen LogP contribution in [0.5, 0.6) is 17.2 Å². The van der Waals surface area contributed by atoms with Crippen molar-refractivity contribution in [1.29, 1.82) is 0 Å². The highest BCUT2D eigenvalue weighted by molar-refractivity contribution is 8.16. The second-order valence-electron chi connectivity index (χ2n) is 7.62. The molecule has 0 aromatic heterocycles. The molecule has 0 spiro atoms. The average molecular weight is 509 g/mol. The lowest BCUT2D eigenvalue weighted by Gasteiger charge is -2.16. The minimum Gasteiger partial charge on any atom is -0.508 e. The van der Waals surface area contributed by atoms with E-state index >= 15 is 0 Å². The van der Waals surface area contributed by atoms with Crippen LogP contribution >= 0.6 is 11.8 Å². The largest absolute Gasteiger partial charge is 0.508 e. The molecule has 11 heteroatoms. The smallest absolute Gasteiger partial charge is 0.247 e. The number of hydrogen-bond acceptors (Lipinski definition) is 8. The predicted molar refractivity (Wildman–Crippen MR) is 136 cm³/mol. The summed E-state index contributed by atoms with van der Waals surface area (Å²) in [6, 6.07) is 16.0. The van der Waals surface area contributed by atoms with Crippen LogP contribution in [0.1, 0.15) is 12.0 Å². The topological polar surface area (TPSA) is 124 Å². The van der Waals surface area contributed by atoms with Crippen LogP contribution in [0, 0.1) is 5.82 Å². The molecule has 1 atom stereocenters. The molecular weight excluding hydrogens is 487 g/mol. The molecular formula is C25H21FN4O5S. The Balaban J connectivity index is 1.56. The number of anilines is 2. The van der Waals surface area contributed by atoms with Crippen molar-refractivity contribution >= 4 is 46.3 Å². The second kappa shape index (κ2) is 10.9. The van der Waals surface area contributed by atoms with Crippen LogP contribution in [0.2, 0.25) is 0 Å². The van der Waals surface area contributed by atoms with E-state index in [1.54, 1.807) is 24.3 Å². The van der Waals surface area contributed by atoms with Gasteiger partial charge in [0.15, 0.2) is 16.7 Å². The van der Waals surface area contributed by atoms with E-state index in [1.165, 1.54) is 60.7 Å². The Hall–Kier alpha value is -4.38. The molecule has 3 N–H and O–H groups in total. The second-order valence-corrected chi connectivity index (χ2v) is 8.79. The van der Waals surface area contributed by atoms with Crippen molar-refractivity contribution in [3.63, 3.8) is 0 Å². The fourth-order valence-electron chi connectivity index (χ4n) is 3.37. The highest BCUT2D eigenvalue weighted by Crippen LogP contribution is 2.35. The molecule has 1 aliphatic rings. The van der Waals surface area contributed by atoms with E-state index in [2.05, 4.69) is 15.5 Å². The number of carbonyl (C=O) groups is 2. The standard InChI is InChI=1S/C25H21FN4O5S/c1-35-21-11-15(5-10-20(21)32)14-27-29-25-30(18-3-2-4-19(31)12-18)24(34)22(36-25)13-23(33)28-17-8-6-16(26)7-9-17/h2-12,14,22,31-32H,13H2,1H3,(H,28,33). The fourth-order valence-corrected chi connectivity index (χ4v) is 4.46. The molecule has 0 aliphatic carbocycles. The van der Waals surface area contributed by atoms with Gasteiger partial charge in [0, 0.05) is 18.2 Å². The molecule has 0 radical (unpaired) electrons. The van der Waals surface area contributed by atoms with Crippen molar-refractivity contribution < 1.29 is 28.9 Å². The van der Waals surface area contributed by atoms with Crippen molar-refractivity contribution in [1.82, 2.24) is 0 Å². The molecule has 2 amide bonds. The number of rotatable bonds is 7. The van der Waals surface area contributed by atoms with Crippen LogP contribution in [0.3, 0.4) is 0 Å². The van der Waals surface area contributed by atoms with E-state index in [9.17, 15) is 24.2 Å². The Bertz CT molecular complexity index is 1350. The van der Waals surface area contributed by atoms with Crippen molar-refractivity contribution in [2.75, 3.05) is 17.3 Å². The fraction of sp³-hybridized carbons (Fsp3) is 0.120. The lowest BCUT2D eigenvalue weighted by Crippen LogP contribution is -2.33. The molecule has 3 aromatic carbocycles. The Morgan fingerprint density at radius 2 is 1.94 bits per heavy atom. The maximum absolute atomic E-state index is 13.2. The first-order chi connectivity index (χ1) is 17.3. The SMILES string of the molecule is COc1cc(C=NN=C2SC(CC(=O)Nc3ccc(F)cc3)C(=O)N2c2cccc(O)c2)ccc1O. The van der Waals surface area contributed by atoms with Crippen molar-refractivity contribution in [3.8, 4) is 17.2 Å². The minimum absolute atomic E-state index is 0.0188. The number of amidine groups is 1. The van der Waals surface area contributed by atoms with Crippen molar-refractivity contribution in [2.24, 2.45) is 10.2 Å². The van der Waals surface area contributed by atoms with Crippen LogP contribution in [-0.2, 0) is 9.59 Å². The lowest BCUT2D eigenvalue weighted by molar-refractivity contribution is -0.121. The van der Waals surface area contributed by atoms with Gasteiger partial charge in [0.25, 0.3) is 0 Å². The number of phenols is 2. The number of aromatic hydroxyl groups is 2. The van der Waals surface area contributed by atoms with Crippen molar-refractivity contribution in [3.05, 3.63) is 78.1 Å². The number of nitrogens with one attached hydrogen (secondary N) is 1. The quantitative estimate of drug-likeness (QED) is 0.326. The number of thioether (sulfide) groups is 1. The minimum atomic E-state index is -0.796. The molecule has 3 aromatic rings. The van der Waals surface area contributed by atoms with E-state index in [4.69, 9.17) is 4.74 Å². The van der Waals surface area contributed by atoms with Gasteiger partial charge in [-0.2, -0.15) is 5.10 Å². The molecule has 0 bridgehead atoms. The zero-order valence-corrected chi connectivity index (χ0v) is 19.8. The first-order valence-corrected chi connectivity index (χ1v) is 11.5. The Labute approximate surface area is 209 Å². The molecule has 1 unspecified atom stereocenters. The zero-order valence-electron chi connectivity index (χ0n) is 19.0. The van der Waals surface area contributed by atoms with Gasteiger partial charge in [0.2, 0.25) is 11.8 Å². The number of hydrogen-bond donors (Lipinski definition) is 3. The lowest BCUT2D eigenvalue weighted by atomic mass is 10.2. The van der Waals surface area contributed by atoms with Crippen LogP contribution in [0.15, 0.2) is 76.9 Å². The summed E-state index contributed by atoms with van der Waals surface area (Å²) < 4.78 is 18.2. The van der Waals surface area contributed by atoms with E-state index < -0.39 is 22.9 Å². The van der Waals surface area contributed by atoms with E-state index in [-0.39, 0.29) is 28.8 Å². The van der Waals surface area contributed by atoms with Gasteiger partial charge >= 0.3 is 0 Å². The van der Waals surface area contributed by atoms with Crippen LogP contribution < -0.4 is 15.0 Å². The van der Waals surface area contributed by atoms with Gasteiger partial charge in [-0.3, -0.25) is 14.5 Å². The number of carbonyl (C=O) groups excluding carboxylic acids is 2. The van der Waals surface area contributed by atoms with Gasteiger partial charge < -0.3 is 20.3 Å². The summed E-state index contributed by atoms with van der Waals surface area (Å²) in [5.74, 6) is -1.05. The molecule has 36 heavy (non-hydrogen) atoms. The molecule has 9 nitrogen and oxygen atoms in total. The number of benzene rings is 3. The van der Waals surface area contributed by atoms with Crippen LogP contribution in [0.25, 0.3) is 0 Å². The predicted octanol–water partition coefficient (Wildman–Crippen LogP) is 4.11. The number of ether oxygens (including phenoxy) is 1. The summed E-state index contributed by atoms with van der Waals surface area (Å²) >= 11 is 1.06. The summed E-state index contributed by atoms with van der Waals surface area (Å²) in [6.45, 7) is 0. The summed E-state index contributed by atoms with van der Waals surface area (Å²) in [5.41, 5.74) is 1.38. The summed E-state index contributed by atoms with van der Waals surface area (Å²) in [6.07, 6.45) is 1.27. The van der Waals surface area contributed by atoms with Crippen LogP contribution in [0.4, 0.5) is 15.8 Å². The molecule has 4 rings (SSSR count). The third kappa shape index (κ3) is 5.81. The highest BCUT2D eigenvalue weighted by Gasteiger charge is 2.40. The number of phenolic OH excluding ortho intramolecular Hbond substituents is 2. The maximum Gasteiger partial charge on any atom is 0.247 e. The Morgan fingerprint density at radius 1 is 1.17 bits per heavy atom. The van der Waals surface area contributed by atoms with Gasteiger partial charge in [-0.25, -0.2) is 4.39 Å². The third-order valence-corrected chi connectivity index (χ3v) is 6.20. The van der Waals surface area contributed by atoms with Gasteiger partial charge in [-0.1, -0.05) is 17.8 Å². The highest BCUT2D eigenvalue weighted by atomic mass is 32.2. The number of methoxy groups -OCH3 is 1. The van der Waals surface area contributed by atoms with Gasteiger partial charge in [-0.15, -0.1) is 5.10 Å². The first-order valence-electron chi connectivity index (χ1n) is 10.7. The molecule has 1 heterocycles. The van der Waals surface area contributed by atoms with E-state index in [1.807, 2.05) is 0 Å². The Morgan fingerprint density at radius 3 is 2.67 bits per heavy atom. The Kier molecular flexibility index (Phi) is 7.50. The maximum atomic E-state index is 13.2. The molecule has 0 saturated carbocycles. The molecule has 1 aliphatic heterocycles. The first kappa shape index (κ1) is 24.7. The van der Waals surface area contributed by atoms with Crippen LogP contribution in [-0.4, -0.2) is 45.8 Å². The number of nitrogens with zero attached hydrogens (tertiary/aromatic N) is 3. The van der Waals surface area contributed by atoms with Crippen molar-refractivity contribution in [2.45, 2.75) is 11.7 Å². The van der Waals surface area contributed by atoms with Gasteiger partial charge in [0.1, 0.15) is 16.8 Å². The third-order valence-electron chi connectivity index (χ3n) is 5.08. The number of amides is 2. The normalized spacial score (nSPS) is 16.6.